The van der Waals surface area contributed by atoms with Gasteiger partial charge in [0.05, 0.1) is 6.54 Å². The Balaban J connectivity index is 2.12. The van der Waals surface area contributed by atoms with E-state index in [0.29, 0.717) is 24.4 Å². The summed E-state index contributed by atoms with van der Waals surface area (Å²) in [5.41, 5.74) is 0.959. The topological polar surface area (TPSA) is 51.0 Å². The lowest BCUT2D eigenvalue weighted by molar-refractivity contribution is 0.459. The van der Waals surface area contributed by atoms with Gasteiger partial charge in [0.25, 0.3) is 0 Å². The highest BCUT2D eigenvalue weighted by Crippen LogP contribution is 2.19. The minimum Gasteiger partial charge on any atom is -0.419 e. The second kappa shape index (κ2) is 5.59. The average molecular weight is 343 g/mol. The first kappa shape index (κ1) is 12.5. The number of benzene rings is 1. The standard InChI is InChI=1S/C12H14IN3O/c1-8(2)14-7-11-15-16-12(17-11)9-4-3-5-10(13)6-9/h3-6,8,14H,7H2,1-2H3. The molecule has 1 N–H and O–H groups in total. The summed E-state index contributed by atoms with van der Waals surface area (Å²) in [7, 11) is 0. The van der Waals surface area contributed by atoms with Crippen molar-refractivity contribution in [2.75, 3.05) is 0 Å². The van der Waals surface area contributed by atoms with Gasteiger partial charge in [0, 0.05) is 15.2 Å². The summed E-state index contributed by atoms with van der Waals surface area (Å²) in [6.45, 7) is 4.77. The molecule has 5 heteroatoms. The van der Waals surface area contributed by atoms with Gasteiger partial charge in [0.1, 0.15) is 0 Å². The van der Waals surface area contributed by atoms with Crippen LogP contribution in [0.25, 0.3) is 11.5 Å². The number of nitrogens with zero attached hydrogens (tertiary/aromatic N) is 2. The molecule has 2 aromatic rings. The van der Waals surface area contributed by atoms with Crippen molar-refractivity contribution < 1.29 is 4.42 Å². The van der Waals surface area contributed by atoms with E-state index in [-0.39, 0.29) is 0 Å². The number of hydrogen-bond donors (Lipinski definition) is 1. The van der Waals surface area contributed by atoms with E-state index in [1.807, 2.05) is 24.3 Å². The Morgan fingerprint density at radius 1 is 1.35 bits per heavy atom. The lowest BCUT2D eigenvalue weighted by Gasteiger charge is -2.03. The molecule has 0 aliphatic rings. The Kier molecular flexibility index (Phi) is 4.11. The quantitative estimate of drug-likeness (QED) is 0.868. The van der Waals surface area contributed by atoms with Crippen molar-refractivity contribution in [3.63, 3.8) is 0 Å². The fourth-order valence-electron chi connectivity index (χ4n) is 1.35. The second-order valence-electron chi connectivity index (χ2n) is 4.05. The largest absolute Gasteiger partial charge is 0.419 e. The van der Waals surface area contributed by atoms with Crippen LogP contribution in [-0.2, 0) is 6.54 Å². The van der Waals surface area contributed by atoms with E-state index in [1.165, 1.54) is 0 Å². The van der Waals surface area contributed by atoms with Gasteiger partial charge in [-0.15, -0.1) is 10.2 Å². The van der Waals surface area contributed by atoms with E-state index in [0.717, 1.165) is 9.13 Å². The van der Waals surface area contributed by atoms with Gasteiger partial charge in [0.2, 0.25) is 11.8 Å². The minimum atomic E-state index is 0.406. The van der Waals surface area contributed by atoms with Crippen molar-refractivity contribution in [2.24, 2.45) is 0 Å². The van der Waals surface area contributed by atoms with E-state index in [4.69, 9.17) is 4.42 Å². The van der Waals surface area contributed by atoms with Crippen LogP contribution in [0, 0.1) is 3.57 Å². The molecule has 17 heavy (non-hydrogen) atoms. The van der Waals surface area contributed by atoms with E-state index >= 15 is 0 Å². The Morgan fingerprint density at radius 3 is 2.88 bits per heavy atom. The summed E-state index contributed by atoms with van der Waals surface area (Å²) in [6, 6.07) is 8.40. The zero-order valence-electron chi connectivity index (χ0n) is 9.77. The number of halogens is 1. The zero-order valence-corrected chi connectivity index (χ0v) is 11.9. The number of rotatable bonds is 4. The smallest absolute Gasteiger partial charge is 0.247 e. The lowest BCUT2D eigenvalue weighted by Crippen LogP contribution is -2.21. The normalized spacial score (nSPS) is 11.1. The first-order valence-corrected chi connectivity index (χ1v) is 6.55. The summed E-state index contributed by atoms with van der Waals surface area (Å²) in [5.74, 6) is 1.19. The monoisotopic (exact) mass is 343 g/mol. The van der Waals surface area contributed by atoms with Crippen LogP contribution in [0.15, 0.2) is 28.7 Å². The predicted molar refractivity (Wildman–Crippen MR) is 74.4 cm³/mol. The number of aromatic nitrogens is 2. The molecule has 0 saturated heterocycles. The fourth-order valence-corrected chi connectivity index (χ4v) is 1.90. The molecule has 0 bridgehead atoms. The van der Waals surface area contributed by atoms with Crippen LogP contribution < -0.4 is 5.32 Å². The van der Waals surface area contributed by atoms with Crippen LogP contribution >= 0.6 is 22.6 Å². The van der Waals surface area contributed by atoms with Crippen LogP contribution in [0.1, 0.15) is 19.7 Å². The molecule has 1 aromatic heterocycles. The zero-order chi connectivity index (χ0) is 12.3. The van der Waals surface area contributed by atoms with Gasteiger partial charge in [-0.3, -0.25) is 0 Å². The molecule has 2 rings (SSSR count). The minimum absolute atomic E-state index is 0.406. The van der Waals surface area contributed by atoms with E-state index < -0.39 is 0 Å². The van der Waals surface area contributed by atoms with Crippen molar-refractivity contribution >= 4 is 22.6 Å². The maximum atomic E-state index is 5.59. The van der Waals surface area contributed by atoms with Crippen molar-refractivity contribution in [1.82, 2.24) is 15.5 Å². The Morgan fingerprint density at radius 2 is 2.18 bits per heavy atom. The molecular formula is C12H14IN3O. The molecule has 90 valence electrons. The molecule has 0 spiro atoms. The molecule has 0 saturated carbocycles. The maximum Gasteiger partial charge on any atom is 0.247 e. The van der Waals surface area contributed by atoms with Crippen LogP contribution in [0.3, 0.4) is 0 Å². The molecule has 0 amide bonds. The Labute approximate surface area is 114 Å². The number of nitrogens with one attached hydrogen (secondary N) is 1. The summed E-state index contributed by atoms with van der Waals surface area (Å²) >= 11 is 2.26. The van der Waals surface area contributed by atoms with E-state index in [9.17, 15) is 0 Å². The molecule has 4 nitrogen and oxygen atoms in total. The Hall–Kier alpha value is -0.950. The first-order valence-electron chi connectivity index (χ1n) is 5.47. The molecule has 0 fully saturated rings. The van der Waals surface area contributed by atoms with Crippen molar-refractivity contribution in [3.8, 4) is 11.5 Å². The van der Waals surface area contributed by atoms with Gasteiger partial charge in [0.15, 0.2) is 0 Å². The van der Waals surface area contributed by atoms with Gasteiger partial charge in [-0.1, -0.05) is 19.9 Å². The van der Waals surface area contributed by atoms with Crippen LogP contribution in [0.5, 0.6) is 0 Å². The Bertz CT molecular complexity index is 496. The molecule has 0 aliphatic heterocycles. The lowest BCUT2D eigenvalue weighted by atomic mass is 10.2. The molecule has 0 radical (unpaired) electrons. The summed E-state index contributed by atoms with van der Waals surface area (Å²) in [5, 5.41) is 11.3. The van der Waals surface area contributed by atoms with Gasteiger partial charge in [-0.2, -0.15) is 0 Å². The fraction of sp³-hybridized carbons (Fsp3) is 0.333. The van der Waals surface area contributed by atoms with Crippen LogP contribution in [-0.4, -0.2) is 16.2 Å². The van der Waals surface area contributed by atoms with Gasteiger partial charge in [-0.05, 0) is 40.8 Å². The predicted octanol–water partition coefficient (Wildman–Crippen LogP) is 2.84. The van der Waals surface area contributed by atoms with Crippen LogP contribution in [0.4, 0.5) is 0 Å². The van der Waals surface area contributed by atoms with Crippen molar-refractivity contribution in [1.29, 1.82) is 0 Å². The molecular weight excluding hydrogens is 329 g/mol. The molecule has 1 aromatic carbocycles. The van der Waals surface area contributed by atoms with Gasteiger partial charge in [-0.25, -0.2) is 0 Å². The highest BCUT2D eigenvalue weighted by Gasteiger charge is 2.08. The summed E-state index contributed by atoms with van der Waals surface area (Å²) in [4.78, 5) is 0. The van der Waals surface area contributed by atoms with Crippen molar-refractivity contribution in [2.45, 2.75) is 26.4 Å². The first-order chi connectivity index (χ1) is 8.15. The van der Waals surface area contributed by atoms with E-state index in [2.05, 4.69) is 52.0 Å². The van der Waals surface area contributed by atoms with Gasteiger partial charge >= 0.3 is 0 Å². The summed E-state index contributed by atoms with van der Waals surface area (Å²) < 4.78 is 6.74. The number of hydrogen-bond acceptors (Lipinski definition) is 4. The molecule has 1 heterocycles. The highest BCUT2D eigenvalue weighted by atomic mass is 127. The molecule has 0 unspecified atom stereocenters. The average Bonchev–Trinajstić information content (AvgIpc) is 2.75. The SMILES string of the molecule is CC(C)NCc1nnc(-c2cccc(I)c2)o1. The highest BCUT2D eigenvalue weighted by molar-refractivity contribution is 14.1. The third-order valence-corrected chi connectivity index (χ3v) is 2.87. The van der Waals surface area contributed by atoms with Gasteiger partial charge < -0.3 is 9.73 Å². The van der Waals surface area contributed by atoms with Crippen LogP contribution in [0.2, 0.25) is 0 Å². The van der Waals surface area contributed by atoms with Crippen molar-refractivity contribution in [3.05, 3.63) is 33.7 Å². The third-order valence-electron chi connectivity index (χ3n) is 2.20. The molecule has 0 aliphatic carbocycles. The third kappa shape index (κ3) is 3.50. The van der Waals surface area contributed by atoms with E-state index in [1.54, 1.807) is 0 Å². The second-order valence-corrected chi connectivity index (χ2v) is 5.29. The maximum absolute atomic E-state index is 5.59. The molecule has 0 atom stereocenters. The summed E-state index contributed by atoms with van der Waals surface area (Å²) in [6.07, 6.45) is 0.